The van der Waals surface area contributed by atoms with Gasteiger partial charge in [0, 0.05) is 15.8 Å². The lowest BCUT2D eigenvalue weighted by molar-refractivity contribution is 0.882. The molecule has 2 aromatic rings. The Labute approximate surface area is 184 Å². The second-order valence-corrected chi connectivity index (χ2v) is 8.37. The molecule has 2 N–H and O–H groups in total. The topological polar surface area (TPSA) is 63.1 Å². The van der Waals surface area contributed by atoms with E-state index >= 15 is 0 Å². The van der Waals surface area contributed by atoms with Crippen LogP contribution >= 0.6 is 46.6 Å². The molecular weight excluding hydrogens is 435 g/mol. The van der Waals surface area contributed by atoms with Crippen LogP contribution in [0.3, 0.4) is 0 Å². The van der Waals surface area contributed by atoms with Crippen LogP contribution in [-0.2, 0) is 0 Å². The summed E-state index contributed by atoms with van der Waals surface area (Å²) in [4.78, 5) is 12.9. The summed E-state index contributed by atoms with van der Waals surface area (Å²) in [6.07, 6.45) is 2.62. The first-order valence-electron chi connectivity index (χ1n) is 8.57. The van der Waals surface area contributed by atoms with E-state index in [-0.39, 0.29) is 6.04 Å². The molecule has 0 aliphatic rings. The number of nitrogens with zero attached hydrogens (tertiary/aromatic N) is 3. The van der Waals surface area contributed by atoms with E-state index in [4.69, 9.17) is 45.5 Å². The molecule has 2 atom stereocenters. The SMILES string of the molecule is CC(N=CN=CN)C(=Nc1ccc(Cl)cc1Cl)SC[C@H](C)c1ccc(Cl)cc1. The molecule has 4 nitrogen and oxygen atoms in total. The molecule has 0 aromatic heterocycles. The summed E-state index contributed by atoms with van der Waals surface area (Å²) in [5.41, 5.74) is 7.13. The van der Waals surface area contributed by atoms with E-state index in [0.717, 1.165) is 15.8 Å². The van der Waals surface area contributed by atoms with Crippen molar-refractivity contribution in [3.8, 4) is 0 Å². The van der Waals surface area contributed by atoms with Gasteiger partial charge in [-0.15, -0.1) is 11.8 Å². The zero-order chi connectivity index (χ0) is 20.5. The number of benzene rings is 2. The molecule has 0 radical (unpaired) electrons. The molecule has 0 amide bonds. The van der Waals surface area contributed by atoms with Crippen LogP contribution in [-0.4, -0.2) is 29.5 Å². The predicted octanol–water partition coefficient (Wildman–Crippen LogP) is 6.62. The molecule has 0 bridgehead atoms. The van der Waals surface area contributed by atoms with E-state index in [0.29, 0.717) is 21.7 Å². The van der Waals surface area contributed by atoms with Crippen LogP contribution in [0, 0.1) is 0 Å². The molecule has 2 aromatic carbocycles. The minimum Gasteiger partial charge on any atom is -0.390 e. The fourth-order valence-corrected chi connectivity index (χ4v) is 3.93. The molecular formula is C20H21Cl3N4S. The van der Waals surface area contributed by atoms with Crippen LogP contribution in [0.15, 0.2) is 57.4 Å². The maximum absolute atomic E-state index is 6.29. The summed E-state index contributed by atoms with van der Waals surface area (Å²) in [6, 6.07) is 12.9. The molecule has 0 saturated carbocycles. The monoisotopic (exact) mass is 454 g/mol. The summed E-state index contributed by atoms with van der Waals surface area (Å²) >= 11 is 19.9. The first-order valence-corrected chi connectivity index (χ1v) is 10.7. The van der Waals surface area contributed by atoms with Gasteiger partial charge in [-0.3, -0.25) is 4.99 Å². The van der Waals surface area contributed by atoms with E-state index in [1.54, 1.807) is 30.0 Å². The zero-order valence-corrected chi connectivity index (χ0v) is 18.6. The van der Waals surface area contributed by atoms with Crippen LogP contribution in [0.25, 0.3) is 0 Å². The van der Waals surface area contributed by atoms with Gasteiger partial charge in [0.25, 0.3) is 0 Å². The third-order valence-electron chi connectivity index (χ3n) is 3.86. The van der Waals surface area contributed by atoms with E-state index in [2.05, 4.69) is 16.9 Å². The van der Waals surface area contributed by atoms with Gasteiger partial charge in [0.15, 0.2) is 0 Å². The molecule has 8 heteroatoms. The van der Waals surface area contributed by atoms with Gasteiger partial charge < -0.3 is 5.73 Å². The molecule has 0 aliphatic heterocycles. The van der Waals surface area contributed by atoms with Gasteiger partial charge in [-0.2, -0.15) is 0 Å². The molecule has 148 valence electrons. The highest BCUT2D eigenvalue weighted by molar-refractivity contribution is 8.14. The average Bonchev–Trinajstić information content (AvgIpc) is 2.67. The lowest BCUT2D eigenvalue weighted by Crippen LogP contribution is -2.13. The third kappa shape index (κ3) is 7.13. The fraction of sp³-hybridized carbons (Fsp3) is 0.250. The normalized spacial score (nSPS) is 14.7. The van der Waals surface area contributed by atoms with Gasteiger partial charge in [-0.1, -0.05) is 53.9 Å². The van der Waals surface area contributed by atoms with Crippen molar-refractivity contribution in [1.82, 2.24) is 0 Å². The highest BCUT2D eigenvalue weighted by Gasteiger charge is 2.14. The van der Waals surface area contributed by atoms with E-state index in [1.165, 1.54) is 18.2 Å². The standard InChI is InChI=1S/C20H21Cl3N4S/c1-13(15-3-5-16(21)6-4-15)10-28-20(14(2)26-12-25-11-24)27-19-8-7-17(22)9-18(19)23/h3-9,11-14H,10H2,1-2H3,(H2,24,25,26)/t13-,14?/m0/s1. The van der Waals surface area contributed by atoms with E-state index in [1.807, 2.05) is 31.2 Å². The quantitative estimate of drug-likeness (QED) is 0.377. The van der Waals surface area contributed by atoms with Gasteiger partial charge >= 0.3 is 0 Å². The summed E-state index contributed by atoms with van der Waals surface area (Å²) in [5.74, 6) is 1.14. The van der Waals surface area contributed by atoms with Crippen LogP contribution in [0.4, 0.5) is 5.69 Å². The molecule has 1 unspecified atom stereocenters. The van der Waals surface area contributed by atoms with Gasteiger partial charge in [0.1, 0.15) is 6.34 Å². The van der Waals surface area contributed by atoms with Gasteiger partial charge in [0.2, 0.25) is 0 Å². The van der Waals surface area contributed by atoms with Gasteiger partial charge in [-0.05, 0) is 48.7 Å². The van der Waals surface area contributed by atoms with E-state index < -0.39 is 0 Å². The largest absolute Gasteiger partial charge is 0.390 e. The van der Waals surface area contributed by atoms with E-state index in [9.17, 15) is 0 Å². The summed E-state index contributed by atoms with van der Waals surface area (Å²) in [5, 5.41) is 2.62. The predicted molar refractivity (Wildman–Crippen MR) is 127 cm³/mol. The highest BCUT2D eigenvalue weighted by atomic mass is 35.5. The maximum Gasteiger partial charge on any atom is 0.112 e. The van der Waals surface area contributed by atoms with Crippen molar-refractivity contribution in [2.45, 2.75) is 25.8 Å². The summed E-state index contributed by atoms with van der Waals surface area (Å²) < 4.78 is 0. The zero-order valence-electron chi connectivity index (χ0n) is 15.5. The number of rotatable bonds is 7. The van der Waals surface area contributed by atoms with Crippen molar-refractivity contribution < 1.29 is 0 Å². The Morgan fingerprint density at radius 3 is 2.39 bits per heavy atom. The maximum atomic E-state index is 6.29. The molecule has 0 saturated heterocycles. The first-order chi connectivity index (χ1) is 13.4. The minimum atomic E-state index is -0.196. The molecule has 28 heavy (non-hydrogen) atoms. The van der Waals surface area contributed by atoms with Crippen LogP contribution in [0.5, 0.6) is 0 Å². The Hall–Kier alpha value is -1.53. The van der Waals surface area contributed by atoms with Crippen molar-refractivity contribution in [1.29, 1.82) is 0 Å². The third-order valence-corrected chi connectivity index (χ3v) is 6.05. The minimum absolute atomic E-state index is 0.196. The Bertz CT molecular complexity index is 866. The Kier molecular flexibility index (Phi) is 9.32. The van der Waals surface area contributed by atoms with Crippen molar-refractivity contribution in [3.63, 3.8) is 0 Å². The Morgan fingerprint density at radius 2 is 1.75 bits per heavy atom. The Balaban J connectivity index is 2.22. The number of aliphatic imine (C=N–C) groups is 3. The second-order valence-electron chi connectivity index (χ2n) is 6.05. The smallest absolute Gasteiger partial charge is 0.112 e. The number of hydrogen-bond acceptors (Lipinski definition) is 3. The summed E-state index contributed by atoms with van der Waals surface area (Å²) in [6.45, 7) is 4.11. The van der Waals surface area contributed by atoms with Crippen molar-refractivity contribution in [2.75, 3.05) is 5.75 Å². The van der Waals surface area contributed by atoms with Crippen LogP contribution in [0.1, 0.15) is 25.3 Å². The number of hydrogen-bond donors (Lipinski definition) is 1. The van der Waals surface area contributed by atoms with Crippen molar-refractivity contribution in [3.05, 3.63) is 63.1 Å². The molecule has 0 fully saturated rings. The molecule has 2 rings (SSSR count). The number of thioether (sulfide) groups is 1. The molecule has 0 heterocycles. The first kappa shape index (κ1) is 22.8. The van der Waals surface area contributed by atoms with Crippen LogP contribution in [0.2, 0.25) is 15.1 Å². The summed E-state index contributed by atoms with van der Waals surface area (Å²) in [7, 11) is 0. The van der Waals surface area contributed by atoms with Crippen molar-refractivity contribution in [2.24, 2.45) is 20.7 Å². The second kappa shape index (κ2) is 11.5. The van der Waals surface area contributed by atoms with Crippen LogP contribution < -0.4 is 5.73 Å². The Morgan fingerprint density at radius 1 is 1.07 bits per heavy atom. The molecule has 0 spiro atoms. The number of nitrogens with two attached hydrogens (primary N) is 1. The van der Waals surface area contributed by atoms with Crippen molar-refractivity contribution >= 4 is 70.0 Å². The lowest BCUT2D eigenvalue weighted by atomic mass is 10.0. The fourth-order valence-electron chi connectivity index (χ4n) is 2.28. The highest BCUT2D eigenvalue weighted by Crippen LogP contribution is 2.31. The van der Waals surface area contributed by atoms with Gasteiger partial charge in [0.05, 0.1) is 28.1 Å². The lowest BCUT2D eigenvalue weighted by Gasteiger charge is -2.15. The molecule has 0 aliphatic carbocycles. The average molecular weight is 456 g/mol. The number of halogens is 3. The van der Waals surface area contributed by atoms with Gasteiger partial charge in [-0.25, -0.2) is 9.98 Å².